The number of carbonyl (C=O) groups excluding carboxylic acids is 2. The van der Waals surface area contributed by atoms with Crippen molar-refractivity contribution >= 4 is 29.6 Å². The van der Waals surface area contributed by atoms with E-state index in [-0.39, 0.29) is 11.9 Å². The Morgan fingerprint density at radius 2 is 1.97 bits per heavy atom. The lowest BCUT2D eigenvalue weighted by molar-refractivity contribution is -0.121. The number of anilines is 1. The van der Waals surface area contributed by atoms with Crippen LogP contribution in [-0.2, 0) is 9.53 Å². The third kappa shape index (κ3) is 6.43. The lowest BCUT2D eigenvalue weighted by atomic mass is 9.95. The molecular weight excluding hydrogens is 402 g/mol. The second-order valence-electron chi connectivity index (χ2n) is 6.78. The van der Waals surface area contributed by atoms with Gasteiger partial charge in [-0.2, -0.15) is 0 Å². The Morgan fingerprint density at radius 1 is 1.20 bits per heavy atom. The minimum Gasteiger partial charge on any atom is -0.465 e. The van der Waals surface area contributed by atoms with E-state index in [1.165, 1.54) is 18.9 Å². The van der Waals surface area contributed by atoms with E-state index >= 15 is 0 Å². The number of esters is 1. The van der Waals surface area contributed by atoms with Gasteiger partial charge in [-0.25, -0.2) is 14.8 Å². The van der Waals surface area contributed by atoms with Gasteiger partial charge in [-0.1, -0.05) is 6.07 Å². The molecule has 2 aromatic rings. The summed E-state index contributed by atoms with van der Waals surface area (Å²) in [7, 11) is 3.23. The first-order chi connectivity index (χ1) is 14.4. The van der Waals surface area contributed by atoms with E-state index in [2.05, 4.69) is 20.6 Å². The number of nitrogens with zero attached hydrogens (tertiary/aromatic N) is 2. The standard InChI is InChI=1S/C21H29N5O3S/c1-13-7-8-15(20(28)29-4)14(2)19(13)16-12-18(26-21(22)25-16)30-11-10-24-17(27)6-5-9-23-3/h7-8,12,23H,5-6,9-11H2,1-4H3,(H,24,27)(H2,22,25,26). The van der Waals surface area contributed by atoms with Crippen LogP contribution in [0.3, 0.4) is 0 Å². The lowest BCUT2D eigenvalue weighted by Gasteiger charge is -2.14. The first-order valence-electron chi connectivity index (χ1n) is 9.75. The number of rotatable bonds is 10. The van der Waals surface area contributed by atoms with Crippen molar-refractivity contribution in [2.45, 2.75) is 31.7 Å². The number of aryl methyl sites for hydroxylation is 1. The fraction of sp³-hybridized carbons (Fsp3) is 0.429. The average Bonchev–Trinajstić information content (AvgIpc) is 2.71. The van der Waals surface area contributed by atoms with Gasteiger partial charge in [0.15, 0.2) is 0 Å². The summed E-state index contributed by atoms with van der Waals surface area (Å²) in [4.78, 5) is 32.5. The molecule has 0 aliphatic heterocycles. The van der Waals surface area contributed by atoms with Crippen LogP contribution >= 0.6 is 11.8 Å². The third-order valence-corrected chi connectivity index (χ3v) is 5.47. The summed E-state index contributed by atoms with van der Waals surface area (Å²) in [6.07, 6.45) is 1.32. The minimum absolute atomic E-state index is 0.0413. The Hall–Kier alpha value is -2.65. The Labute approximate surface area is 181 Å². The van der Waals surface area contributed by atoms with Crippen LogP contribution in [0.4, 0.5) is 5.95 Å². The first kappa shape index (κ1) is 23.6. The van der Waals surface area contributed by atoms with Gasteiger partial charge < -0.3 is 21.1 Å². The molecule has 1 heterocycles. The number of ether oxygens (including phenoxy) is 1. The van der Waals surface area contributed by atoms with E-state index in [9.17, 15) is 9.59 Å². The number of carbonyl (C=O) groups is 2. The maximum Gasteiger partial charge on any atom is 0.338 e. The molecule has 0 bridgehead atoms. The van der Waals surface area contributed by atoms with Gasteiger partial charge in [0, 0.05) is 24.3 Å². The molecule has 0 spiro atoms. The number of nitrogen functional groups attached to an aromatic ring is 1. The predicted molar refractivity (Wildman–Crippen MR) is 120 cm³/mol. The zero-order valence-corrected chi connectivity index (χ0v) is 18.7. The Balaban J connectivity index is 2.11. The molecule has 0 unspecified atom stereocenters. The Kier molecular flexibility index (Phi) is 9.07. The minimum atomic E-state index is -0.393. The maximum absolute atomic E-state index is 12.1. The quantitative estimate of drug-likeness (QED) is 0.227. The zero-order valence-electron chi connectivity index (χ0n) is 17.9. The van der Waals surface area contributed by atoms with E-state index in [1.54, 1.807) is 6.07 Å². The van der Waals surface area contributed by atoms with Crippen LogP contribution in [0.5, 0.6) is 0 Å². The fourth-order valence-corrected chi connectivity index (χ4v) is 3.84. The Morgan fingerprint density at radius 3 is 2.67 bits per heavy atom. The van der Waals surface area contributed by atoms with E-state index in [4.69, 9.17) is 10.5 Å². The molecule has 1 aromatic carbocycles. The van der Waals surface area contributed by atoms with Gasteiger partial charge in [0.2, 0.25) is 11.9 Å². The van der Waals surface area contributed by atoms with Crippen molar-refractivity contribution < 1.29 is 14.3 Å². The van der Waals surface area contributed by atoms with Crippen molar-refractivity contribution in [3.05, 3.63) is 34.9 Å². The number of methoxy groups -OCH3 is 1. The van der Waals surface area contributed by atoms with Gasteiger partial charge in [-0.3, -0.25) is 4.79 Å². The number of nitrogens with one attached hydrogen (secondary N) is 2. The van der Waals surface area contributed by atoms with Crippen molar-refractivity contribution in [3.63, 3.8) is 0 Å². The number of benzene rings is 1. The van der Waals surface area contributed by atoms with Crippen LogP contribution < -0.4 is 16.4 Å². The van der Waals surface area contributed by atoms with Crippen LogP contribution in [0.25, 0.3) is 11.3 Å². The smallest absolute Gasteiger partial charge is 0.338 e. The molecule has 8 nitrogen and oxygen atoms in total. The van der Waals surface area contributed by atoms with Crippen molar-refractivity contribution in [1.82, 2.24) is 20.6 Å². The van der Waals surface area contributed by atoms with Gasteiger partial charge >= 0.3 is 5.97 Å². The number of amides is 1. The highest BCUT2D eigenvalue weighted by Gasteiger charge is 2.17. The summed E-state index contributed by atoms with van der Waals surface area (Å²) < 4.78 is 4.87. The van der Waals surface area contributed by atoms with Crippen LogP contribution in [0.2, 0.25) is 0 Å². The molecule has 162 valence electrons. The van der Waals surface area contributed by atoms with Crippen molar-refractivity contribution in [1.29, 1.82) is 0 Å². The number of hydrogen-bond acceptors (Lipinski definition) is 8. The molecule has 1 aromatic heterocycles. The van der Waals surface area contributed by atoms with Crippen LogP contribution in [-0.4, -0.2) is 54.8 Å². The summed E-state index contributed by atoms with van der Waals surface area (Å²) in [5.74, 6) is 0.470. The first-order valence-corrected chi connectivity index (χ1v) is 10.7. The summed E-state index contributed by atoms with van der Waals surface area (Å²) in [5.41, 5.74) is 9.68. The van der Waals surface area contributed by atoms with E-state index in [1.807, 2.05) is 33.0 Å². The van der Waals surface area contributed by atoms with Crippen molar-refractivity contribution in [2.24, 2.45) is 0 Å². The summed E-state index contributed by atoms with van der Waals surface area (Å²) in [6, 6.07) is 5.47. The van der Waals surface area contributed by atoms with Crippen LogP contribution in [0, 0.1) is 13.8 Å². The van der Waals surface area contributed by atoms with Gasteiger partial charge in [-0.15, -0.1) is 11.8 Å². The molecule has 2 rings (SSSR count). The number of hydrogen-bond donors (Lipinski definition) is 3. The lowest BCUT2D eigenvalue weighted by Crippen LogP contribution is -2.26. The van der Waals surface area contributed by atoms with E-state index in [0.717, 1.165) is 29.7 Å². The molecule has 0 radical (unpaired) electrons. The fourth-order valence-electron chi connectivity index (χ4n) is 3.08. The van der Waals surface area contributed by atoms with Crippen LogP contribution in [0.15, 0.2) is 23.2 Å². The molecule has 30 heavy (non-hydrogen) atoms. The van der Waals surface area contributed by atoms with Gasteiger partial charge in [0.05, 0.1) is 18.4 Å². The normalized spacial score (nSPS) is 10.7. The largest absolute Gasteiger partial charge is 0.465 e. The van der Waals surface area contributed by atoms with Gasteiger partial charge in [-0.05, 0) is 57.1 Å². The summed E-state index contributed by atoms with van der Waals surface area (Å²) in [6.45, 7) is 5.18. The van der Waals surface area contributed by atoms with Crippen molar-refractivity contribution in [3.8, 4) is 11.3 Å². The molecule has 9 heteroatoms. The molecule has 0 saturated heterocycles. The van der Waals surface area contributed by atoms with Gasteiger partial charge in [0.25, 0.3) is 0 Å². The molecule has 0 aliphatic carbocycles. The number of nitrogens with two attached hydrogens (primary N) is 1. The second-order valence-corrected chi connectivity index (χ2v) is 7.89. The highest BCUT2D eigenvalue weighted by molar-refractivity contribution is 7.99. The molecule has 4 N–H and O–H groups in total. The molecule has 0 aliphatic rings. The zero-order chi connectivity index (χ0) is 22.1. The molecule has 0 saturated carbocycles. The Bertz CT molecular complexity index is 904. The molecular formula is C21H29N5O3S. The highest BCUT2D eigenvalue weighted by Crippen LogP contribution is 2.31. The molecule has 0 atom stereocenters. The maximum atomic E-state index is 12.1. The van der Waals surface area contributed by atoms with E-state index in [0.29, 0.717) is 35.0 Å². The number of aromatic nitrogens is 2. The summed E-state index contributed by atoms with van der Waals surface area (Å²) >= 11 is 1.49. The number of thioether (sulfide) groups is 1. The molecule has 0 fully saturated rings. The monoisotopic (exact) mass is 431 g/mol. The SMILES string of the molecule is CNCCCC(=O)NCCSc1cc(-c2c(C)ccc(C(=O)OC)c2C)nc(N)n1. The topological polar surface area (TPSA) is 119 Å². The van der Waals surface area contributed by atoms with Gasteiger partial charge in [0.1, 0.15) is 5.03 Å². The second kappa shape index (κ2) is 11.5. The third-order valence-electron chi connectivity index (χ3n) is 4.56. The van der Waals surface area contributed by atoms with E-state index < -0.39 is 5.97 Å². The van der Waals surface area contributed by atoms with Crippen molar-refractivity contribution in [2.75, 3.05) is 38.7 Å². The highest BCUT2D eigenvalue weighted by atomic mass is 32.2. The average molecular weight is 432 g/mol. The van der Waals surface area contributed by atoms with Crippen LogP contribution in [0.1, 0.15) is 34.3 Å². The predicted octanol–water partition coefficient (Wildman–Crippen LogP) is 2.34. The molecule has 1 amide bonds. The summed E-state index contributed by atoms with van der Waals surface area (Å²) in [5, 5.41) is 6.64.